The highest BCUT2D eigenvalue weighted by Gasteiger charge is 2.41. The molecule has 19 heavy (non-hydrogen) atoms. The van der Waals surface area contributed by atoms with Crippen LogP contribution in [0.15, 0.2) is 30.3 Å². The molecule has 3 nitrogen and oxygen atoms in total. The van der Waals surface area contributed by atoms with E-state index in [2.05, 4.69) is 4.90 Å². The molecular weight excluding hydrogens is 257 g/mol. The number of anilines is 1. The lowest BCUT2D eigenvalue weighted by Crippen LogP contribution is -3.16. The van der Waals surface area contributed by atoms with Gasteiger partial charge in [0.15, 0.2) is 6.10 Å². The van der Waals surface area contributed by atoms with Crippen molar-refractivity contribution in [2.45, 2.75) is 12.3 Å². The molecule has 0 amide bonds. The summed E-state index contributed by atoms with van der Waals surface area (Å²) in [7, 11) is 0. The molecule has 106 valence electrons. The first-order chi connectivity index (χ1) is 8.97. The van der Waals surface area contributed by atoms with Gasteiger partial charge >= 0.3 is 6.18 Å². The van der Waals surface area contributed by atoms with Gasteiger partial charge in [0.25, 0.3) is 0 Å². The van der Waals surface area contributed by atoms with Gasteiger partial charge in [-0.25, -0.2) is 0 Å². The molecular formula is C13H18F3N2O+. The van der Waals surface area contributed by atoms with E-state index < -0.39 is 12.3 Å². The van der Waals surface area contributed by atoms with Crippen LogP contribution in [0.1, 0.15) is 0 Å². The first kappa shape index (κ1) is 14.1. The number of hydrogen-bond donors (Lipinski definition) is 2. The number of alkyl halides is 3. The number of nitrogens with zero attached hydrogens (tertiary/aromatic N) is 1. The fourth-order valence-electron chi connectivity index (χ4n) is 2.31. The van der Waals surface area contributed by atoms with E-state index >= 15 is 0 Å². The molecule has 1 aromatic carbocycles. The van der Waals surface area contributed by atoms with E-state index in [1.807, 2.05) is 30.3 Å². The minimum Gasteiger partial charge on any atom is -0.379 e. The number of benzene rings is 1. The van der Waals surface area contributed by atoms with Crippen LogP contribution in [0.25, 0.3) is 0 Å². The number of aliphatic hydroxyl groups is 1. The molecule has 0 spiro atoms. The predicted molar refractivity (Wildman–Crippen MR) is 66.3 cm³/mol. The number of rotatable bonds is 3. The van der Waals surface area contributed by atoms with Crippen molar-refractivity contribution in [1.82, 2.24) is 0 Å². The molecule has 0 unspecified atom stereocenters. The maximum absolute atomic E-state index is 12.3. The zero-order valence-corrected chi connectivity index (χ0v) is 10.5. The third-order valence-electron chi connectivity index (χ3n) is 3.45. The summed E-state index contributed by atoms with van der Waals surface area (Å²) in [4.78, 5) is 2.96. The maximum Gasteiger partial charge on any atom is 0.419 e. The summed E-state index contributed by atoms with van der Waals surface area (Å²) in [6, 6.07) is 9.82. The third kappa shape index (κ3) is 3.84. The van der Waals surface area contributed by atoms with Crippen molar-refractivity contribution in [3.63, 3.8) is 0 Å². The average molecular weight is 275 g/mol. The van der Waals surface area contributed by atoms with Crippen molar-refractivity contribution >= 4 is 5.69 Å². The Morgan fingerprint density at radius 1 is 1.16 bits per heavy atom. The van der Waals surface area contributed by atoms with E-state index in [1.165, 1.54) is 0 Å². The molecule has 1 aliphatic heterocycles. The normalized spacial score (nSPS) is 19.5. The number of quaternary nitrogens is 1. The van der Waals surface area contributed by atoms with Gasteiger partial charge in [0.2, 0.25) is 0 Å². The van der Waals surface area contributed by atoms with Crippen molar-refractivity contribution in [2.24, 2.45) is 0 Å². The average Bonchev–Trinajstić information content (AvgIpc) is 2.39. The van der Waals surface area contributed by atoms with E-state index in [0.717, 1.165) is 10.6 Å². The molecule has 0 aliphatic carbocycles. The summed E-state index contributed by atoms with van der Waals surface area (Å²) in [5.74, 6) is 0. The predicted octanol–water partition coefficient (Wildman–Crippen LogP) is 0.315. The Bertz CT molecular complexity index is 389. The molecule has 2 N–H and O–H groups in total. The highest BCUT2D eigenvalue weighted by Crippen LogP contribution is 2.18. The van der Waals surface area contributed by atoms with Crippen LogP contribution in [0.4, 0.5) is 18.9 Å². The lowest BCUT2D eigenvalue weighted by molar-refractivity contribution is -0.905. The lowest BCUT2D eigenvalue weighted by atomic mass is 10.2. The minimum atomic E-state index is -4.51. The number of piperazine rings is 1. The van der Waals surface area contributed by atoms with Crippen LogP contribution in [0.5, 0.6) is 0 Å². The van der Waals surface area contributed by atoms with Crippen LogP contribution in [-0.4, -0.2) is 50.1 Å². The van der Waals surface area contributed by atoms with Crippen LogP contribution in [0, 0.1) is 0 Å². The van der Waals surface area contributed by atoms with Gasteiger partial charge in [0.05, 0.1) is 26.2 Å². The molecule has 1 heterocycles. The fraction of sp³-hybridized carbons (Fsp3) is 0.538. The Hall–Kier alpha value is -1.27. The fourth-order valence-corrected chi connectivity index (χ4v) is 2.31. The summed E-state index contributed by atoms with van der Waals surface area (Å²) in [5.41, 5.74) is 1.10. The quantitative estimate of drug-likeness (QED) is 0.831. The van der Waals surface area contributed by atoms with Gasteiger partial charge in [0.1, 0.15) is 6.54 Å². The Morgan fingerprint density at radius 3 is 2.26 bits per heavy atom. The molecule has 0 bridgehead atoms. The molecule has 2 rings (SSSR count). The molecule has 1 saturated heterocycles. The molecule has 1 aromatic rings. The van der Waals surface area contributed by atoms with Gasteiger partial charge in [0, 0.05) is 5.69 Å². The molecule has 0 saturated carbocycles. The smallest absolute Gasteiger partial charge is 0.379 e. The highest BCUT2D eigenvalue weighted by molar-refractivity contribution is 5.45. The summed E-state index contributed by atoms with van der Waals surface area (Å²) in [5, 5.41) is 9.06. The monoisotopic (exact) mass is 275 g/mol. The molecule has 0 radical (unpaired) electrons. The van der Waals surface area contributed by atoms with Gasteiger partial charge in [-0.05, 0) is 12.1 Å². The van der Waals surface area contributed by atoms with Gasteiger partial charge in [-0.15, -0.1) is 0 Å². The second-order valence-electron chi connectivity index (χ2n) is 4.83. The van der Waals surface area contributed by atoms with Gasteiger partial charge in [-0.2, -0.15) is 13.2 Å². The Balaban J connectivity index is 1.83. The van der Waals surface area contributed by atoms with Crippen LogP contribution in [0.2, 0.25) is 0 Å². The second kappa shape index (κ2) is 5.79. The second-order valence-corrected chi connectivity index (χ2v) is 4.83. The van der Waals surface area contributed by atoms with Crippen LogP contribution < -0.4 is 9.80 Å². The minimum absolute atomic E-state index is 0.258. The molecule has 1 aliphatic rings. The molecule has 0 aromatic heterocycles. The Kier molecular flexibility index (Phi) is 4.31. The summed E-state index contributed by atoms with van der Waals surface area (Å²) in [6.45, 7) is 2.39. The van der Waals surface area contributed by atoms with Crippen LogP contribution in [-0.2, 0) is 0 Å². The summed E-state index contributed by atoms with van der Waals surface area (Å²) >= 11 is 0. The van der Waals surface area contributed by atoms with Crippen molar-refractivity contribution in [3.8, 4) is 0 Å². The molecule has 1 atom stereocenters. The van der Waals surface area contributed by atoms with Gasteiger partial charge in [-0.3, -0.25) is 0 Å². The van der Waals surface area contributed by atoms with Crippen molar-refractivity contribution in [3.05, 3.63) is 30.3 Å². The Morgan fingerprint density at radius 2 is 1.74 bits per heavy atom. The molecule has 1 fully saturated rings. The van der Waals surface area contributed by atoms with Crippen LogP contribution >= 0.6 is 0 Å². The van der Waals surface area contributed by atoms with Gasteiger partial charge in [-0.1, -0.05) is 18.2 Å². The largest absolute Gasteiger partial charge is 0.419 e. The van der Waals surface area contributed by atoms with E-state index in [9.17, 15) is 13.2 Å². The number of aliphatic hydroxyl groups excluding tert-OH is 1. The van der Waals surface area contributed by atoms with Crippen molar-refractivity contribution in [2.75, 3.05) is 37.6 Å². The SMILES string of the molecule is O[C@H](C[NH+]1CCN(c2ccccc2)CC1)C(F)(F)F. The molecule has 6 heteroatoms. The summed E-state index contributed by atoms with van der Waals surface area (Å²) in [6.07, 6.45) is -6.73. The first-order valence-corrected chi connectivity index (χ1v) is 6.35. The first-order valence-electron chi connectivity index (χ1n) is 6.35. The van der Waals surface area contributed by atoms with Crippen molar-refractivity contribution in [1.29, 1.82) is 0 Å². The zero-order valence-electron chi connectivity index (χ0n) is 10.5. The number of halogens is 3. The summed E-state index contributed by atoms with van der Waals surface area (Å²) < 4.78 is 36.8. The highest BCUT2D eigenvalue weighted by atomic mass is 19.4. The van der Waals surface area contributed by atoms with Crippen LogP contribution in [0.3, 0.4) is 0 Å². The van der Waals surface area contributed by atoms with E-state index in [-0.39, 0.29) is 6.54 Å². The number of para-hydroxylation sites is 1. The maximum atomic E-state index is 12.3. The topological polar surface area (TPSA) is 27.9 Å². The van der Waals surface area contributed by atoms with Crippen molar-refractivity contribution < 1.29 is 23.2 Å². The van der Waals surface area contributed by atoms with E-state index in [1.54, 1.807) is 0 Å². The number of hydrogen-bond acceptors (Lipinski definition) is 2. The lowest BCUT2D eigenvalue weighted by Gasteiger charge is -2.34. The number of nitrogens with one attached hydrogen (secondary N) is 1. The zero-order chi connectivity index (χ0) is 13.9. The van der Waals surface area contributed by atoms with E-state index in [4.69, 9.17) is 5.11 Å². The van der Waals surface area contributed by atoms with Gasteiger partial charge < -0.3 is 14.9 Å². The Labute approximate surface area is 110 Å². The standard InChI is InChI=1S/C13H17F3N2O/c14-13(15,16)12(19)10-17-6-8-18(9-7-17)11-4-2-1-3-5-11/h1-5,12,19H,6-10H2/p+1/t12-/m1/s1. The third-order valence-corrected chi connectivity index (χ3v) is 3.45. The van der Waals surface area contributed by atoms with E-state index in [0.29, 0.717) is 26.2 Å².